The molecule has 4 rings (SSSR count). The number of amides is 1. The first-order chi connectivity index (χ1) is 16.1. The summed E-state index contributed by atoms with van der Waals surface area (Å²) in [6.45, 7) is 1.97. The van der Waals surface area contributed by atoms with E-state index in [1.165, 1.54) is 33.5 Å². The van der Waals surface area contributed by atoms with Gasteiger partial charge in [-0.25, -0.2) is 13.4 Å². The van der Waals surface area contributed by atoms with Crippen LogP contribution in [-0.2, 0) is 27.5 Å². The molecule has 0 radical (unpaired) electrons. The molecule has 1 aromatic heterocycles. The van der Waals surface area contributed by atoms with Gasteiger partial charge in [0.15, 0.2) is 0 Å². The van der Waals surface area contributed by atoms with Crippen molar-refractivity contribution < 1.29 is 31.1 Å². The normalized spacial score (nSPS) is 15.6. The summed E-state index contributed by atoms with van der Waals surface area (Å²) >= 11 is 0. The van der Waals surface area contributed by atoms with Crippen LogP contribution in [0.1, 0.15) is 12.7 Å². The predicted octanol–water partition coefficient (Wildman–Crippen LogP) is 2.99. The molecule has 0 N–H and O–H groups in total. The van der Waals surface area contributed by atoms with Crippen LogP contribution in [0.5, 0.6) is 5.75 Å². The van der Waals surface area contributed by atoms with Gasteiger partial charge >= 0.3 is 6.18 Å². The summed E-state index contributed by atoms with van der Waals surface area (Å²) in [5.74, 6) is -1.12. The average molecular weight is 497 g/mol. The van der Waals surface area contributed by atoms with E-state index in [9.17, 15) is 26.4 Å². The zero-order chi connectivity index (χ0) is 24.5. The van der Waals surface area contributed by atoms with Gasteiger partial charge in [-0.1, -0.05) is 12.1 Å². The predicted molar refractivity (Wildman–Crippen MR) is 118 cm³/mol. The van der Waals surface area contributed by atoms with E-state index >= 15 is 0 Å². The number of alkyl halides is 3. The molecule has 0 spiro atoms. The lowest BCUT2D eigenvalue weighted by atomic mass is 10.3. The maximum Gasteiger partial charge on any atom is 0.449 e. The number of aromatic nitrogens is 2. The Kier molecular flexibility index (Phi) is 6.54. The van der Waals surface area contributed by atoms with Gasteiger partial charge in [0.05, 0.1) is 22.5 Å². The molecule has 2 heterocycles. The number of halogens is 3. The number of carbonyl (C=O) groups excluding carboxylic acids is 1. The van der Waals surface area contributed by atoms with Gasteiger partial charge in [0, 0.05) is 26.2 Å². The van der Waals surface area contributed by atoms with Gasteiger partial charge < -0.3 is 14.2 Å². The largest absolute Gasteiger partial charge is 0.494 e. The third-order valence-corrected chi connectivity index (χ3v) is 7.48. The summed E-state index contributed by atoms with van der Waals surface area (Å²) in [4.78, 5) is 18.0. The standard InChI is InChI=1S/C22H23F3N4O4S/c1-2-33-16-7-9-17(10-8-16)34(31,32)28-13-11-27(12-14-28)20(30)15-29-19-6-4-3-5-18(19)26-21(29)22(23,24)25/h3-10H,2,11-15H2,1H3. The van der Waals surface area contributed by atoms with E-state index < -0.39 is 34.5 Å². The Morgan fingerprint density at radius 2 is 1.68 bits per heavy atom. The van der Waals surface area contributed by atoms with Gasteiger partial charge in [0.2, 0.25) is 21.8 Å². The lowest BCUT2D eigenvalue weighted by Crippen LogP contribution is -2.51. The molecule has 12 heteroatoms. The molecule has 182 valence electrons. The van der Waals surface area contributed by atoms with Crippen LogP contribution >= 0.6 is 0 Å². The monoisotopic (exact) mass is 496 g/mol. The van der Waals surface area contributed by atoms with Crippen molar-refractivity contribution in [3.05, 3.63) is 54.4 Å². The molecule has 0 saturated carbocycles. The summed E-state index contributed by atoms with van der Waals surface area (Å²) in [6, 6.07) is 12.2. The minimum Gasteiger partial charge on any atom is -0.494 e. The first-order valence-corrected chi connectivity index (χ1v) is 12.1. The van der Waals surface area contributed by atoms with Crippen LogP contribution < -0.4 is 4.74 Å². The second-order valence-electron chi connectivity index (χ2n) is 7.70. The highest BCUT2D eigenvalue weighted by Crippen LogP contribution is 2.31. The topological polar surface area (TPSA) is 84.7 Å². The fraction of sp³-hybridized carbons (Fsp3) is 0.364. The quantitative estimate of drug-likeness (QED) is 0.524. The molecule has 0 aliphatic carbocycles. The van der Waals surface area contributed by atoms with Crippen LogP contribution in [-0.4, -0.2) is 65.9 Å². The number of nitrogens with zero attached hydrogens (tertiary/aromatic N) is 4. The molecule has 1 fully saturated rings. The summed E-state index contributed by atoms with van der Waals surface area (Å²) in [7, 11) is -3.77. The molecule has 1 saturated heterocycles. The van der Waals surface area contributed by atoms with Crippen LogP contribution in [0.4, 0.5) is 13.2 Å². The van der Waals surface area contributed by atoms with E-state index in [1.54, 1.807) is 24.3 Å². The highest BCUT2D eigenvalue weighted by Gasteiger charge is 2.38. The maximum atomic E-state index is 13.5. The number of ether oxygens (including phenoxy) is 1. The number of hydrogen-bond donors (Lipinski definition) is 0. The van der Waals surface area contributed by atoms with Crippen LogP contribution in [0.2, 0.25) is 0 Å². The molecule has 1 aliphatic heterocycles. The van der Waals surface area contributed by atoms with Gasteiger partial charge in [0.25, 0.3) is 0 Å². The summed E-state index contributed by atoms with van der Waals surface area (Å²) < 4.78 is 73.8. The maximum absolute atomic E-state index is 13.5. The lowest BCUT2D eigenvalue weighted by molar-refractivity contribution is -0.148. The molecule has 0 unspecified atom stereocenters. The van der Waals surface area contributed by atoms with Crippen molar-refractivity contribution in [2.75, 3.05) is 32.8 Å². The number of piperazine rings is 1. The van der Waals surface area contributed by atoms with Crippen molar-refractivity contribution in [3.8, 4) is 5.75 Å². The molecule has 0 bridgehead atoms. The average Bonchev–Trinajstić information content (AvgIpc) is 3.19. The fourth-order valence-corrected chi connectivity index (χ4v) is 5.31. The third kappa shape index (κ3) is 4.73. The summed E-state index contributed by atoms with van der Waals surface area (Å²) in [5.41, 5.74) is 0.355. The zero-order valence-electron chi connectivity index (χ0n) is 18.3. The van der Waals surface area contributed by atoms with Crippen LogP contribution in [0.15, 0.2) is 53.4 Å². The van der Waals surface area contributed by atoms with Gasteiger partial charge in [-0.2, -0.15) is 17.5 Å². The molecule has 1 aliphatic rings. The minimum absolute atomic E-state index is 0.0398. The highest BCUT2D eigenvalue weighted by atomic mass is 32.2. The van der Waals surface area contributed by atoms with Gasteiger partial charge in [0.1, 0.15) is 12.3 Å². The van der Waals surface area contributed by atoms with E-state index in [1.807, 2.05) is 6.92 Å². The third-order valence-electron chi connectivity index (χ3n) is 5.57. The Labute approximate surface area is 194 Å². The number of benzene rings is 2. The molecule has 0 atom stereocenters. The SMILES string of the molecule is CCOc1ccc(S(=O)(=O)N2CCN(C(=O)Cn3c(C(F)(F)F)nc4ccccc43)CC2)cc1. The molecule has 2 aromatic carbocycles. The van der Waals surface area contributed by atoms with E-state index in [0.717, 1.165) is 4.57 Å². The van der Waals surface area contributed by atoms with Crippen molar-refractivity contribution in [1.82, 2.24) is 18.8 Å². The Balaban J connectivity index is 1.45. The summed E-state index contributed by atoms with van der Waals surface area (Å²) in [6.07, 6.45) is -4.72. The van der Waals surface area contributed by atoms with Gasteiger partial charge in [-0.3, -0.25) is 4.79 Å². The number of imidazole rings is 1. The molecular formula is C22H23F3N4O4S. The number of para-hydroxylation sites is 2. The molecule has 8 nitrogen and oxygen atoms in total. The highest BCUT2D eigenvalue weighted by molar-refractivity contribution is 7.89. The molecule has 34 heavy (non-hydrogen) atoms. The van der Waals surface area contributed by atoms with Crippen molar-refractivity contribution in [2.45, 2.75) is 24.5 Å². The smallest absolute Gasteiger partial charge is 0.449 e. The summed E-state index contributed by atoms with van der Waals surface area (Å²) in [5, 5.41) is 0. The number of hydrogen-bond acceptors (Lipinski definition) is 5. The Hall–Kier alpha value is -3.12. The van der Waals surface area contributed by atoms with E-state index in [-0.39, 0.29) is 42.1 Å². The Bertz CT molecular complexity index is 1280. The fourth-order valence-electron chi connectivity index (χ4n) is 3.89. The first kappa shape index (κ1) is 24.0. The second kappa shape index (κ2) is 9.26. The van der Waals surface area contributed by atoms with Crippen LogP contribution in [0.3, 0.4) is 0 Å². The molecule has 1 amide bonds. The Morgan fingerprint density at radius 3 is 2.29 bits per heavy atom. The number of carbonyl (C=O) groups is 1. The van der Waals surface area contributed by atoms with Gasteiger partial charge in [-0.15, -0.1) is 0 Å². The molecular weight excluding hydrogens is 473 g/mol. The van der Waals surface area contributed by atoms with Crippen molar-refractivity contribution >= 4 is 27.0 Å². The number of fused-ring (bicyclic) bond motifs is 1. The van der Waals surface area contributed by atoms with Gasteiger partial charge in [-0.05, 0) is 43.3 Å². The Morgan fingerprint density at radius 1 is 1.03 bits per heavy atom. The van der Waals surface area contributed by atoms with Crippen LogP contribution in [0, 0.1) is 0 Å². The van der Waals surface area contributed by atoms with E-state index in [0.29, 0.717) is 12.4 Å². The van der Waals surface area contributed by atoms with Crippen molar-refractivity contribution in [1.29, 1.82) is 0 Å². The number of rotatable bonds is 6. The first-order valence-electron chi connectivity index (χ1n) is 10.6. The van der Waals surface area contributed by atoms with Crippen molar-refractivity contribution in [2.24, 2.45) is 0 Å². The molecule has 3 aromatic rings. The second-order valence-corrected chi connectivity index (χ2v) is 9.64. The van der Waals surface area contributed by atoms with Crippen molar-refractivity contribution in [3.63, 3.8) is 0 Å². The van der Waals surface area contributed by atoms with Crippen LogP contribution in [0.25, 0.3) is 11.0 Å². The van der Waals surface area contributed by atoms with E-state index in [2.05, 4.69) is 4.98 Å². The minimum atomic E-state index is -4.72. The lowest BCUT2D eigenvalue weighted by Gasteiger charge is -2.34. The van der Waals surface area contributed by atoms with E-state index in [4.69, 9.17) is 4.74 Å². The number of sulfonamides is 1. The zero-order valence-corrected chi connectivity index (χ0v) is 19.1.